The highest BCUT2D eigenvalue weighted by atomic mass is 35.5. The Bertz CT molecular complexity index is 1500. The second-order valence-corrected chi connectivity index (χ2v) is 8.80. The maximum atomic E-state index is 15.2. The van der Waals surface area contributed by atoms with Crippen molar-refractivity contribution in [2.24, 2.45) is 4.99 Å². The summed E-state index contributed by atoms with van der Waals surface area (Å²) >= 11 is 6.24. The number of nitrogens with zero attached hydrogens (tertiary/aromatic N) is 3. The summed E-state index contributed by atoms with van der Waals surface area (Å²) < 4.78 is 62.2. The summed E-state index contributed by atoms with van der Waals surface area (Å²) in [6.45, 7) is 0.540. The highest BCUT2D eigenvalue weighted by molar-refractivity contribution is 6.39. The molecule has 202 valence electrons. The van der Waals surface area contributed by atoms with E-state index in [0.29, 0.717) is 6.07 Å². The van der Waals surface area contributed by atoms with Crippen molar-refractivity contribution in [2.75, 3.05) is 11.4 Å². The highest BCUT2D eigenvalue weighted by Gasteiger charge is 2.39. The number of nitrogens with one attached hydrogen (secondary N) is 1. The van der Waals surface area contributed by atoms with E-state index in [2.05, 4.69) is 9.98 Å². The number of ketones is 1. The van der Waals surface area contributed by atoms with Crippen LogP contribution in [0.1, 0.15) is 29.3 Å². The lowest BCUT2D eigenvalue weighted by molar-refractivity contribution is -0.148. The maximum Gasteiger partial charge on any atom is 0.417 e. The number of fused-ring (bicyclic) bond motifs is 1. The van der Waals surface area contributed by atoms with Crippen LogP contribution in [-0.4, -0.2) is 46.0 Å². The van der Waals surface area contributed by atoms with Gasteiger partial charge in [0.2, 0.25) is 5.88 Å². The summed E-state index contributed by atoms with van der Waals surface area (Å²) in [4.78, 5) is 32.6. The van der Waals surface area contributed by atoms with E-state index < -0.39 is 69.7 Å². The van der Waals surface area contributed by atoms with Crippen molar-refractivity contribution >= 4 is 40.6 Å². The fraction of sp³-hybridized carbons (Fsp3) is 0.192. The number of aromatic nitrogens is 1. The Balaban J connectivity index is 1.89. The van der Waals surface area contributed by atoms with E-state index in [1.807, 2.05) is 6.07 Å². The average Bonchev–Trinajstić information content (AvgIpc) is 2.98. The summed E-state index contributed by atoms with van der Waals surface area (Å²) in [6, 6.07) is 11.6. The van der Waals surface area contributed by atoms with Crippen LogP contribution < -0.4 is 9.64 Å². The molecule has 0 bridgehead atoms. The molecular weight excluding hydrogens is 544 g/mol. The van der Waals surface area contributed by atoms with Gasteiger partial charge in [-0.15, -0.1) is 0 Å². The number of hydrogen-bond donors (Lipinski definition) is 2. The first-order valence-electron chi connectivity index (χ1n) is 11.3. The number of hydrogen-bond acceptors (Lipinski definition) is 6. The molecule has 39 heavy (non-hydrogen) atoms. The van der Waals surface area contributed by atoms with Crippen molar-refractivity contribution in [1.29, 1.82) is 5.41 Å². The molecule has 0 radical (unpaired) electrons. The summed E-state index contributed by atoms with van der Waals surface area (Å²) in [5.74, 6) is -4.59. The largest absolute Gasteiger partial charge is 0.475 e. The van der Waals surface area contributed by atoms with E-state index in [9.17, 15) is 22.8 Å². The number of aliphatic imine (C=N–C) groups is 1. The lowest BCUT2D eigenvalue weighted by Gasteiger charge is -2.26. The van der Waals surface area contributed by atoms with Crippen LogP contribution in [0.25, 0.3) is 0 Å². The minimum absolute atomic E-state index is 0.0625. The van der Waals surface area contributed by atoms with Crippen molar-refractivity contribution in [2.45, 2.75) is 25.7 Å². The number of rotatable bonds is 7. The summed E-state index contributed by atoms with van der Waals surface area (Å²) in [5.41, 5.74) is -2.14. The molecule has 0 amide bonds. The fourth-order valence-corrected chi connectivity index (χ4v) is 4.23. The number of anilines is 1. The molecule has 0 unspecified atom stereocenters. The average molecular weight is 563 g/mol. The Morgan fingerprint density at radius 1 is 1.13 bits per heavy atom. The molecule has 13 heteroatoms. The molecule has 2 heterocycles. The van der Waals surface area contributed by atoms with E-state index in [1.165, 1.54) is 13.0 Å². The Kier molecular flexibility index (Phi) is 7.68. The molecule has 0 spiro atoms. The molecule has 4 rings (SSSR count). The SMILES string of the molecule is C[C@@H]1N=C(c2nc(OCc3ccccc3)ccc2F)c2c(ccc(C(F)(F)F)c2Cl)N(CC(=O)C(=O)O)C1=N. The third-order valence-electron chi connectivity index (χ3n) is 5.78. The Morgan fingerprint density at radius 2 is 1.82 bits per heavy atom. The van der Waals surface area contributed by atoms with Crippen LogP contribution in [0.5, 0.6) is 5.88 Å². The van der Waals surface area contributed by atoms with E-state index in [-0.39, 0.29) is 18.2 Å². The van der Waals surface area contributed by atoms with Crippen LogP contribution >= 0.6 is 11.6 Å². The number of alkyl halides is 3. The quantitative estimate of drug-likeness (QED) is 0.304. The van der Waals surface area contributed by atoms with Crippen LogP contribution in [0.2, 0.25) is 5.02 Å². The number of carboxylic acid groups (broad SMARTS) is 1. The standard InChI is InChI=1S/C26H19ClF4N4O4/c1-13-24(32)35(11-18(36)25(37)38)17-9-7-15(26(29,30)31)21(27)20(17)23(33-13)22-16(28)8-10-19(34-22)39-12-14-5-3-2-4-6-14/h2-10,13,32H,11-12H2,1H3,(H,37,38)/t13-/m0/s1. The fourth-order valence-electron chi connectivity index (χ4n) is 3.87. The van der Waals surface area contributed by atoms with Crippen molar-refractivity contribution in [1.82, 2.24) is 4.98 Å². The van der Waals surface area contributed by atoms with Gasteiger partial charge >= 0.3 is 12.1 Å². The zero-order chi connectivity index (χ0) is 28.5. The number of Topliss-reactive ketones (excluding diaryl/α,β-unsaturated/α-hetero) is 1. The number of carbonyl (C=O) groups is 2. The number of ether oxygens (including phenoxy) is 1. The monoisotopic (exact) mass is 562 g/mol. The molecule has 3 aromatic rings. The third-order valence-corrected chi connectivity index (χ3v) is 6.17. The van der Waals surface area contributed by atoms with Gasteiger partial charge < -0.3 is 14.7 Å². The first kappa shape index (κ1) is 27.7. The lowest BCUT2D eigenvalue weighted by Crippen LogP contribution is -2.41. The highest BCUT2D eigenvalue weighted by Crippen LogP contribution is 2.42. The van der Waals surface area contributed by atoms with Crippen molar-refractivity contribution in [3.05, 3.63) is 87.8 Å². The number of aliphatic carboxylic acids is 1. The Hall–Kier alpha value is -4.32. The van der Waals surface area contributed by atoms with Gasteiger partial charge in [0.25, 0.3) is 5.78 Å². The number of benzene rings is 2. The first-order valence-corrected chi connectivity index (χ1v) is 11.7. The zero-order valence-corrected chi connectivity index (χ0v) is 20.8. The summed E-state index contributed by atoms with van der Waals surface area (Å²) in [7, 11) is 0. The third kappa shape index (κ3) is 5.75. The molecular formula is C26H19ClF4N4O4. The van der Waals surface area contributed by atoms with Gasteiger partial charge in [0.05, 0.1) is 28.5 Å². The minimum atomic E-state index is -4.92. The second-order valence-electron chi connectivity index (χ2n) is 8.43. The Labute approximate surface area is 224 Å². The molecule has 1 atom stereocenters. The van der Waals surface area contributed by atoms with E-state index >= 15 is 4.39 Å². The van der Waals surface area contributed by atoms with Crippen LogP contribution in [0.15, 0.2) is 59.6 Å². The van der Waals surface area contributed by atoms with Gasteiger partial charge in [-0.05, 0) is 30.7 Å². The number of halogens is 5. The molecule has 1 aliphatic rings. The van der Waals surface area contributed by atoms with Crippen LogP contribution in [0.4, 0.5) is 23.2 Å². The lowest BCUT2D eigenvalue weighted by atomic mass is 9.99. The smallest absolute Gasteiger partial charge is 0.417 e. The predicted molar refractivity (Wildman–Crippen MR) is 134 cm³/mol. The second kappa shape index (κ2) is 10.8. The molecule has 0 saturated heterocycles. The molecule has 2 aromatic carbocycles. The zero-order valence-electron chi connectivity index (χ0n) is 20.1. The molecule has 2 N–H and O–H groups in total. The van der Waals surface area contributed by atoms with Crippen molar-refractivity contribution in [3.63, 3.8) is 0 Å². The van der Waals surface area contributed by atoms with Gasteiger partial charge in [0.1, 0.15) is 24.2 Å². The van der Waals surface area contributed by atoms with Gasteiger partial charge in [-0.1, -0.05) is 41.9 Å². The molecule has 0 saturated carbocycles. The normalized spacial score (nSPS) is 15.3. The number of benzodiazepines with no additional fused rings is 1. The Morgan fingerprint density at radius 3 is 2.46 bits per heavy atom. The van der Waals surface area contributed by atoms with Crippen LogP contribution in [0, 0.1) is 11.2 Å². The van der Waals surface area contributed by atoms with E-state index in [1.54, 1.807) is 24.3 Å². The van der Waals surface area contributed by atoms with Gasteiger partial charge in [0, 0.05) is 11.6 Å². The predicted octanol–water partition coefficient (Wildman–Crippen LogP) is 5.15. The van der Waals surface area contributed by atoms with Crippen molar-refractivity contribution in [3.8, 4) is 5.88 Å². The topological polar surface area (TPSA) is 116 Å². The molecule has 1 aromatic heterocycles. The maximum absolute atomic E-state index is 15.2. The van der Waals surface area contributed by atoms with Gasteiger partial charge in [-0.3, -0.25) is 15.2 Å². The van der Waals surface area contributed by atoms with E-state index in [0.717, 1.165) is 22.6 Å². The minimum Gasteiger partial charge on any atom is -0.475 e. The number of carbonyl (C=O) groups excluding carboxylic acids is 1. The summed E-state index contributed by atoms with van der Waals surface area (Å²) in [5, 5.41) is 16.7. The molecule has 8 nitrogen and oxygen atoms in total. The molecule has 0 fully saturated rings. The van der Waals surface area contributed by atoms with Crippen LogP contribution in [-0.2, 0) is 22.4 Å². The number of carboxylic acids is 1. The summed E-state index contributed by atoms with van der Waals surface area (Å²) in [6.07, 6.45) is -4.92. The first-order chi connectivity index (χ1) is 18.4. The molecule has 0 aliphatic carbocycles. The van der Waals surface area contributed by atoms with Gasteiger partial charge in [0.15, 0.2) is 5.82 Å². The van der Waals surface area contributed by atoms with Gasteiger partial charge in [-0.2, -0.15) is 13.2 Å². The van der Waals surface area contributed by atoms with Gasteiger partial charge in [-0.25, -0.2) is 14.2 Å². The number of amidine groups is 1. The van der Waals surface area contributed by atoms with Crippen molar-refractivity contribution < 1.29 is 37.0 Å². The molecule has 1 aliphatic heterocycles. The van der Waals surface area contributed by atoms with Crippen LogP contribution in [0.3, 0.4) is 0 Å². The number of pyridine rings is 1. The van der Waals surface area contributed by atoms with E-state index in [4.69, 9.17) is 26.9 Å².